The third-order valence-electron chi connectivity index (χ3n) is 2.36. The molecule has 0 radical (unpaired) electrons. The van der Waals surface area contributed by atoms with Crippen LogP contribution in [0, 0.1) is 11.2 Å². The van der Waals surface area contributed by atoms with Crippen molar-refractivity contribution in [2.45, 2.75) is 0 Å². The number of nitrogen functional groups attached to an aromatic ring is 1. The summed E-state index contributed by atoms with van der Waals surface area (Å²) in [4.78, 5) is 0. The van der Waals surface area contributed by atoms with Gasteiger partial charge in [-0.3, -0.25) is 5.41 Å². The molecule has 3 nitrogen and oxygen atoms in total. The molecule has 0 atom stereocenters. The summed E-state index contributed by atoms with van der Waals surface area (Å²) in [5, 5.41) is 7.60. The Balaban J connectivity index is 2.33. The molecule has 0 aliphatic rings. The smallest absolute Gasteiger partial charge is 0.146 e. The molecule has 0 bridgehead atoms. The van der Waals surface area contributed by atoms with Crippen molar-refractivity contribution in [1.82, 2.24) is 0 Å². The second-order valence-electron chi connectivity index (χ2n) is 3.74. The topological polar surface area (TPSA) is 59.1 Å². The molecule has 0 saturated heterocycles. The molecular weight excluding hydrogens is 335 g/mol. The van der Waals surface area contributed by atoms with E-state index < -0.39 is 5.82 Å². The van der Waals surface area contributed by atoms with Crippen molar-refractivity contribution in [1.29, 1.82) is 5.41 Å². The van der Waals surface area contributed by atoms with Crippen LogP contribution in [-0.4, -0.2) is 5.84 Å². The number of nitrogens with one attached hydrogen (secondary N) is 1. The summed E-state index contributed by atoms with van der Waals surface area (Å²) in [6.07, 6.45) is 0. The Kier molecular flexibility index (Phi) is 4.07. The van der Waals surface area contributed by atoms with E-state index in [0.29, 0.717) is 26.6 Å². The molecule has 0 aliphatic carbocycles. The largest absolute Gasteiger partial charge is 0.455 e. The van der Waals surface area contributed by atoms with Crippen molar-refractivity contribution in [3.8, 4) is 11.5 Å². The molecule has 0 saturated carbocycles. The third kappa shape index (κ3) is 3.24. The van der Waals surface area contributed by atoms with E-state index in [1.165, 1.54) is 18.2 Å². The zero-order valence-corrected chi connectivity index (χ0v) is 11.9. The molecule has 0 aromatic heterocycles. The summed E-state index contributed by atoms with van der Waals surface area (Å²) >= 11 is 9.29. The molecule has 0 fully saturated rings. The molecule has 0 amide bonds. The second kappa shape index (κ2) is 5.59. The second-order valence-corrected chi connectivity index (χ2v) is 5.00. The third-order valence-corrected chi connectivity index (χ3v) is 3.31. The van der Waals surface area contributed by atoms with Crippen molar-refractivity contribution in [3.05, 3.63) is 57.3 Å². The van der Waals surface area contributed by atoms with E-state index in [1.807, 2.05) is 0 Å². The van der Waals surface area contributed by atoms with E-state index in [2.05, 4.69) is 15.9 Å². The van der Waals surface area contributed by atoms with Crippen LogP contribution in [0.15, 0.2) is 40.9 Å². The number of rotatable bonds is 3. The minimum atomic E-state index is -0.408. The quantitative estimate of drug-likeness (QED) is 0.644. The number of halogens is 3. The Labute approximate surface area is 122 Å². The van der Waals surface area contributed by atoms with Gasteiger partial charge in [0.25, 0.3) is 0 Å². The SMILES string of the molecule is N=C(N)c1ccc(Oc2cc(F)ccc2Br)c(Cl)c1. The lowest BCUT2D eigenvalue weighted by Gasteiger charge is -2.10. The number of hydrogen-bond acceptors (Lipinski definition) is 2. The highest BCUT2D eigenvalue weighted by atomic mass is 79.9. The van der Waals surface area contributed by atoms with Gasteiger partial charge in [-0.1, -0.05) is 11.6 Å². The summed E-state index contributed by atoms with van der Waals surface area (Å²) in [6, 6.07) is 8.82. The zero-order chi connectivity index (χ0) is 14.0. The van der Waals surface area contributed by atoms with Gasteiger partial charge >= 0.3 is 0 Å². The first-order valence-electron chi connectivity index (χ1n) is 5.24. The lowest BCUT2D eigenvalue weighted by molar-refractivity contribution is 0.474. The van der Waals surface area contributed by atoms with E-state index in [9.17, 15) is 4.39 Å². The summed E-state index contributed by atoms with van der Waals surface area (Å²) in [5.41, 5.74) is 5.85. The molecule has 98 valence electrons. The fraction of sp³-hybridized carbons (Fsp3) is 0. The van der Waals surface area contributed by atoms with Gasteiger partial charge in [-0.15, -0.1) is 0 Å². The van der Waals surface area contributed by atoms with Crippen LogP contribution in [0.25, 0.3) is 0 Å². The minimum Gasteiger partial charge on any atom is -0.455 e. The molecule has 3 N–H and O–H groups in total. The summed E-state index contributed by atoms with van der Waals surface area (Å²) in [5.74, 6) is 0.186. The van der Waals surface area contributed by atoms with Gasteiger partial charge in [0.1, 0.15) is 23.2 Å². The average Bonchev–Trinajstić information content (AvgIpc) is 2.36. The van der Waals surface area contributed by atoms with Crippen LogP contribution in [-0.2, 0) is 0 Å². The molecule has 2 rings (SSSR count). The zero-order valence-electron chi connectivity index (χ0n) is 9.58. The van der Waals surface area contributed by atoms with Gasteiger partial charge in [0, 0.05) is 11.6 Å². The highest BCUT2D eigenvalue weighted by Crippen LogP contribution is 2.34. The van der Waals surface area contributed by atoms with Gasteiger partial charge in [0.15, 0.2) is 0 Å². The molecule has 0 heterocycles. The average molecular weight is 344 g/mol. The van der Waals surface area contributed by atoms with Gasteiger partial charge in [-0.05, 0) is 46.3 Å². The van der Waals surface area contributed by atoms with Gasteiger partial charge in [-0.25, -0.2) is 4.39 Å². The number of benzene rings is 2. The van der Waals surface area contributed by atoms with Gasteiger partial charge in [0.2, 0.25) is 0 Å². The van der Waals surface area contributed by atoms with Crippen molar-refractivity contribution in [2.24, 2.45) is 5.73 Å². The maximum absolute atomic E-state index is 13.1. The number of ether oxygens (including phenoxy) is 1. The first kappa shape index (κ1) is 13.8. The lowest BCUT2D eigenvalue weighted by Crippen LogP contribution is -2.10. The number of nitrogens with two attached hydrogens (primary N) is 1. The summed E-state index contributed by atoms with van der Waals surface area (Å²) < 4.78 is 19.3. The maximum atomic E-state index is 13.1. The Hall–Kier alpha value is -1.59. The molecule has 0 spiro atoms. The Bertz CT molecular complexity index is 649. The van der Waals surface area contributed by atoms with Crippen molar-refractivity contribution in [3.63, 3.8) is 0 Å². The molecule has 2 aromatic rings. The fourth-order valence-corrected chi connectivity index (χ4v) is 1.97. The predicted molar refractivity (Wildman–Crippen MR) is 76.6 cm³/mol. The molecule has 0 unspecified atom stereocenters. The monoisotopic (exact) mass is 342 g/mol. The molecule has 19 heavy (non-hydrogen) atoms. The van der Waals surface area contributed by atoms with E-state index in [-0.39, 0.29) is 5.84 Å². The lowest BCUT2D eigenvalue weighted by atomic mass is 10.2. The van der Waals surface area contributed by atoms with Crippen LogP contribution in [0.2, 0.25) is 5.02 Å². The van der Waals surface area contributed by atoms with E-state index in [0.717, 1.165) is 0 Å². The van der Waals surface area contributed by atoms with Gasteiger partial charge in [0.05, 0.1) is 9.50 Å². The van der Waals surface area contributed by atoms with Gasteiger partial charge < -0.3 is 10.5 Å². The van der Waals surface area contributed by atoms with Gasteiger partial charge in [-0.2, -0.15) is 0 Å². The van der Waals surface area contributed by atoms with Crippen molar-refractivity contribution < 1.29 is 9.13 Å². The van der Waals surface area contributed by atoms with Crippen LogP contribution in [0.4, 0.5) is 4.39 Å². The molecular formula is C13H9BrClFN2O. The normalized spacial score (nSPS) is 10.3. The van der Waals surface area contributed by atoms with Crippen LogP contribution in [0.5, 0.6) is 11.5 Å². The summed E-state index contributed by atoms with van der Waals surface area (Å²) in [7, 11) is 0. The van der Waals surface area contributed by atoms with Crippen LogP contribution >= 0.6 is 27.5 Å². The minimum absolute atomic E-state index is 0.0830. The van der Waals surface area contributed by atoms with Crippen LogP contribution < -0.4 is 10.5 Å². The van der Waals surface area contributed by atoms with E-state index in [4.69, 9.17) is 27.5 Å². The van der Waals surface area contributed by atoms with E-state index in [1.54, 1.807) is 18.2 Å². The van der Waals surface area contributed by atoms with Crippen molar-refractivity contribution >= 4 is 33.4 Å². The molecule has 6 heteroatoms. The van der Waals surface area contributed by atoms with Crippen molar-refractivity contribution in [2.75, 3.05) is 0 Å². The predicted octanol–water partition coefficient (Wildman–Crippen LogP) is 4.32. The van der Waals surface area contributed by atoms with Crippen LogP contribution in [0.3, 0.4) is 0 Å². The number of amidine groups is 1. The Morgan fingerprint density at radius 3 is 2.58 bits per heavy atom. The van der Waals surface area contributed by atoms with Crippen LogP contribution in [0.1, 0.15) is 5.56 Å². The summed E-state index contributed by atoms with van der Waals surface area (Å²) in [6.45, 7) is 0. The standard InChI is InChI=1S/C13H9BrClFN2O/c14-9-3-2-8(16)6-12(9)19-11-4-1-7(13(17)18)5-10(11)15/h1-6H,(H3,17,18). The number of hydrogen-bond donors (Lipinski definition) is 2. The highest BCUT2D eigenvalue weighted by molar-refractivity contribution is 9.10. The van der Waals surface area contributed by atoms with E-state index >= 15 is 0 Å². The first-order chi connectivity index (χ1) is 8.97. The Morgan fingerprint density at radius 2 is 1.95 bits per heavy atom. The first-order valence-corrected chi connectivity index (χ1v) is 6.41. The molecule has 0 aliphatic heterocycles. The Morgan fingerprint density at radius 1 is 1.21 bits per heavy atom. The fourth-order valence-electron chi connectivity index (χ4n) is 1.43. The maximum Gasteiger partial charge on any atom is 0.146 e. The molecule has 2 aromatic carbocycles. The highest BCUT2D eigenvalue weighted by Gasteiger charge is 2.09.